The normalized spacial score (nSPS) is 48.2. The van der Waals surface area contributed by atoms with Crippen molar-refractivity contribution >= 4 is 17.7 Å². The van der Waals surface area contributed by atoms with E-state index >= 15 is 0 Å². The van der Waals surface area contributed by atoms with Crippen LogP contribution in [-0.4, -0.2) is 521 Å². The van der Waals surface area contributed by atoms with Crippen LogP contribution in [0, 0.1) is 0 Å². The summed E-state index contributed by atoms with van der Waals surface area (Å²) in [6.45, 7) is -5.06. The Morgan fingerprint density at radius 2 is 0.559 bits per heavy atom. The van der Waals surface area contributed by atoms with Crippen molar-refractivity contribution in [3.8, 4) is 0 Å². The lowest BCUT2D eigenvalue weighted by Crippen LogP contribution is -2.72. The Morgan fingerprint density at radius 3 is 0.932 bits per heavy atom. The van der Waals surface area contributed by atoms with E-state index in [4.69, 9.17) is 85.3 Å². The van der Waals surface area contributed by atoms with E-state index in [0.29, 0.717) is 0 Å². The molecule has 9 fully saturated rings. The first-order chi connectivity index (χ1) is 55.8. The van der Waals surface area contributed by atoms with Crippen LogP contribution >= 0.6 is 0 Å². The lowest BCUT2D eigenvalue weighted by atomic mass is 9.93. The maximum Gasteiger partial charge on any atom is 0.217 e. The van der Waals surface area contributed by atoms with Gasteiger partial charge in [-0.3, -0.25) is 14.4 Å². The van der Waals surface area contributed by atoms with Gasteiger partial charge in [0.25, 0.3) is 0 Å². The van der Waals surface area contributed by atoms with Crippen molar-refractivity contribution in [2.45, 2.75) is 335 Å². The van der Waals surface area contributed by atoms with Gasteiger partial charge in [0.1, 0.15) is 232 Å². The summed E-state index contributed by atoms with van der Waals surface area (Å²) < 4.78 is 107. The molecule has 9 rings (SSSR count). The van der Waals surface area contributed by atoms with Crippen LogP contribution in [0.1, 0.15) is 34.6 Å². The number of aliphatic hydroxyl groups is 28. The van der Waals surface area contributed by atoms with Crippen molar-refractivity contribution in [2.75, 3.05) is 59.5 Å². The Morgan fingerprint density at radius 1 is 0.271 bits per heavy atom. The molecule has 0 unspecified atom stereocenters. The van der Waals surface area contributed by atoms with Gasteiger partial charge in [-0.1, -0.05) is 0 Å². The van der Waals surface area contributed by atoms with Crippen LogP contribution in [0.25, 0.3) is 0 Å². The predicted molar refractivity (Wildman–Crippen MR) is 364 cm³/mol. The number of aliphatic hydroxyl groups excluding tert-OH is 28. The first-order valence-corrected chi connectivity index (χ1v) is 37.8. The Hall–Kier alpha value is -3.43. The van der Waals surface area contributed by atoms with Crippen LogP contribution < -0.4 is 16.0 Å². The molecule has 0 bridgehead atoms. The average Bonchev–Trinajstić information content (AvgIpc) is 0.760. The summed E-state index contributed by atoms with van der Waals surface area (Å²) in [5.41, 5.74) is 0. The molecule has 31 N–H and O–H groups in total. The van der Waals surface area contributed by atoms with Gasteiger partial charge in [0.15, 0.2) is 56.6 Å². The molecule has 686 valence electrons. The fourth-order valence-corrected chi connectivity index (χ4v) is 15.1. The maximum absolute atomic E-state index is 13.5. The molecule has 52 heteroatoms. The van der Waals surface area contributed by atoms with E-state index in [1.165, 1.54) is 13.8 Å². The van der Waals surface area contributed by atoms with Crippen molar-refractivity contribution in [1.82, 2.24) is 16.0 Å². The average molecular weight is 1730 g/mol. The fourth-order valence-electron chi connectivity index (χ4n) is 15.1. The predicted octanol–water partition coefficient (Wildman–Crippen LogP) is -20.7. The molecule has 0 spiro atoms. The minimum atomic E-state index is -2.45. The minimum Gasteiger partial charge on any atom is -0.394 e. The summed E-state index contributed by atoms with van der Waals surface area (Å²) in [4.78, 5) is 39.4. The second-order valence-electron chi connectivity index (χ2n) is 29.9. The molecule has 49 atom stereocenters. The molecule has 9 aliphatic heterocycles. The highest BCUT2D eigenvalue weighted by Crippen LogP contribution is 2.41. The second kappa shape index (κ2) is 43.2. The van der Waals surface area contributed by atoms with E-state index in [-0.39, 0.29) is 0 Å². The Balaban J connectivity index is 0.955. The molecule has 118 heavy (non-hydrogen) atoms. The largest absolute Gasteiger partial charge is 0.394 e. The van der Waals surface area contributed by atoms with Gasteiger partial charge in [-0.05, 0) is 13.8 Å². The third kappa shape index (κ3) is 21.6. The lowest BCUT2D eigenvalue weighted by Gasteiger charge is -2.52. The summed E-state index contributed by atoms with van der Waals surface area (Å²) in [6.07, 6.45) is -94.6. The first-order valence-electron chi connectivity index (χ1n) is 37.8. The second-order valence-corrected chi connectivity index (χ2v) is 29.9. The Labute approximate surface area is 669 Å². The van der Waals surface area contributed by atoms with Gasteiger partial charge < -0.3 is 244 Å². The van der Waals surface area contributed by atoms with E-state index in [1.807, 2.05) is 0 Å². The number of nitrogens with one attached hydrogen (secondary N) is 3. The topological polar surface area (TPSA) is 820 Å². The van der Waals surface area contributed by atoms with E-state index in [1.54, 1.807) is 0 Å². The molecule has 9 saturated heterocycles. The van der Waals surface area contributed by atoms with Crippen LogP contribution in [0.3, 0.4) is 0 Å². The summed E-state index contributed by atoms with van der Waals surface area (Å²) in [6, 6.07) is -5.95. The zero-order chi connectivity index (χ0) is 87.2. The van der Waals surface area contributed by atoms with Gasteiger partial charge in [0.2, 0.25) is 17.7 Å². The standard InChI is InChI=1S/C66H113N3O49/c1-15-32(84)41(93)44(96)61(101-15)114-53-31(69-19(5)81)60(109-28(14-78)52(53)113-66-57(43(95)35(87)22(8-72)106-66)118-62-45(97)42(94)33(85)16(2)102-62)117-56-38(90)25(11-75)105-65(48(56)100)112-51-27(13-77)108-59(30(40(51)92)68-18(4)80)116-55-37(89)24(10-74)104-64(47(55)99)111-50-26(12-76)107-58(29(39(50)91)67-17(3)79)115-54-36(88)23(9-73)103-63(46(54)98)110-49(21(83)7-71)34(86)20(82)6-70/h15-16,20-66,70-78,82-100H,6-14H2,1-5H3,(H,67,79)(H,68,80)(H,69,81)/t15-,16-,20-,21+,22+,23+,24+,25+,26+,27+,28+,29+,30+,31+,32+,33+,34+,35-,36-,37-,38-,39+,40+,41+,42+,43-,44-,45-,46+,47+,48+,49+,50+,51+,52+,53+,54-,55-,56-,57+,58-,59-,60-,61-,62-,63-,64-,65-,66-/m0/s1. The zero-order valence-electron chi connectivity index (χ0n) is 63.7. The van der Waals surface area contributed by atoms with Crippen LogP contribution in [0.2, 0.25) is 0 Å². The van der Waals surface area contributed by atoms with Crippen molar-refractivity contribution < 1.29 is 243 Å². The molecular formula is C66H113N3O49. The zero-order valence-corrected chi connectivity index (χ0v) is 63.7. The number of carbonyl (C=O) groups excluding carboxylic acids is 3. The van der Waals surface area contributed by atoms with E-state index in [2.05, 4.69) is 16.0 Å². The maximum atomic E-state index is 13.5. The molecule has 0 radical (unpaired) electrons. The van der Waals surface area contributed by atoms with Crippen molar-refractivity contribution in [3.05, 3.63) is 0 Å². The third-order valence-electron chi connectivity index (χ3n) is 21.7. The molecule has 9 heterocycles. The lowest BCUT2D eigenvalue weighted by molar-refractivity contribution is -0.401. The van der Waals surface area contributed by atoms with Crippen molar-refractivity contribution in [3.63, 3.8) is 0 Å². The fraction of sp³-hybridized carbons (Fsp3) is 0.955. The Kier molecular flexibility index (Phi) is 36.0. The van der Waals surface area contributed by atoms with Crippen LogP contribution in [-0.2, 0) is 99.6 Å². The van der Waals surface area contributed by atoms with Crippen LogP contribution in [0.5, 0.6) is 0 Å². The van der Waals surface area contributed by atoms with Gasteiger partial charge in [0.05, 0.1) is 71.7 Å². The molecule has 0 aromatic heterocycles. The van der Waals surface area contributed by atoms with E-state index in [9.17, 15) is 157 Å². The van der Waals surface area contributed by atoms with Gasteiger partial charge in [0, 0.05) is 20.8 Å². The molecule has 0 aliphatic carbocycles. The summed E-state index contributed by atoms with van der Waals surface area (Å²) in [5, 5.41) is 316. The Bertz CT molecular complexity index is 3090. The SMILES string of the molecule is CC(=O)N[C@H]1[C@H](O[C@H]2[C@@H](O)[C@@H](CO)O[C@@H](O[C@@H]([C@H](O)[C@@H](O)CO)[C@H](O)CO)[C@@H]2O)O[C@H](CO)[C@@H](O[C@@H]2O[C@H](CO)[C@H](O)[C@H](O[C@@H]3O[C@H](CO)[C@@H](O[C@@H]4O[C@H](CO)[C@H](O)[C@H](O[C@@H]5O[C@H](CO)[C@@H](O[C@@H]6O[C@H](CO)[C@H](O)[C@H](O)[C@H]6O[C@@H]6O[C@@H](C)[C@@H](O)[C@@H](O)[C@@H]6O)[C@H](O[C@@H]6O[C@@H](C)[C@@H](O)[C@@H](O)[C@@H]6O)[C@H]5NC(C)=O)[C@H]4O)[C@H](O)[C@H]3NC(C)=O)[C@H]2O)[C@@H]1O. The summed E-state index contributed by atoms with van der Waals surface area (Å²) in [7, 11) is 0. The van der Waals surface area contributed by atoms with Crippen molar-refractivity contribution in [2.24, 2.45) is 0 Å². The summed E-state index contributed by atoms with van der Waals surface area (Å²) in [5.74, 6) is -2.93. The van der Waals surface area contributed by atoms with Gasteiger partial charge in [-0.15, -0.1) is 0 Å². The van der Waals surface area contributed by atoms with E-state index in [0.717, 1.165) is 20.8 Å². The highest BCUT2D eigenvalue weighted by molar-refractivity contribution is 5.74. The highest BCUT2D eigenvalue weighted by Gasteiger charge is 2.62. The van der Waals surface area contributed by atoms with E-state index < -0.39 is 378 Å². The molecule has 0 saturated carbocycles. The smallest absolute Gasteiger partial charge is 0.217 e. The molecule has 0 aromatic rings. The molecule has 0 aromatic carbocycles. The van der Waals surface area contributed by atoms with Gasteiger partial charge in [-0.25, -0.2) is 0 Å². The van der Waals surface area contributed by atoms with Gasteiger partial charge >= 0.3 is 0 Å². The van der Waals surface area contributed by atoms with Crippen molar-refractivity contribution in [1.29, 1.82) is 0 Å². The number of amides is 3. The number of ether oxygens (including phenoxy) is 18. The monoisotopic (exact) mass is 1730 g/mol. The number of hydrogen-bond acceptors (Lipinski definition) is 49. The third-order valence-corrected chi connectivity index (χ3v) is 21.7. The number of rotatable bonds is 33. The minimum absolute atomic E-state index is 0.916. The quantitative estimate of drug-likeness (QED) is 0.0290. The molecule has 3 amide bonds. The van der Waals surface area contributed by atoms with Gasteiger partial charge in [-0.2, -0.15) is 0 Å². The first kappa shape index (κ1) is 98.4. The van der Waals surface area contributed by atoms with Crippen LogP contribution in [0.15, 0.2) is 0 Å². The summed E-state index contributed by atoms with van der Waals surface area (Å²) >= 11 is 0. The molecule has 52 nitrogen and oxygen atoms in total. The molecule has 9 aliphatic rings. The number of carbonyl (C=O) groups is 3. The number of hydrogen-bond donors (Lipinski definition) is 31. The van der Waals surface area contributed by atoms with Crippen LogP contribution in [0.4, 0.5) is 0 Å². The molecular weight excluding hydrogens is 1620 g/mol. The highest BCUT2D eigenvalue weighted by atomic mass is 16.8.